The summed E-state index contributed by atoms with van der Waals surface area (Å²) >= 11 is 1.31. The molecule has 5 aromatic rings. The highest BCUT2D eigenvalue weighted by Crippen LogP contribution is 2.22. The van der Waals surface area contributed by atoms with Crippen LogP contribution < -0.4 is 5.56 Å². The second kappa shape index (κ2) is 12.9. The molecule has 0 aliphatic carbocycles. The van der Waals surface area contributed by atoms with E-state index in [4.69, 9.17) is 0 Å². The molecule has 5 rings (SSSR count). The lowest BCUT2D eigenvalue weighted by atomic mass is 10.1. The van der Waals surface area contributed by atoms with Crippen molar-refractivity contribution in [3.8, 4) is 11.3 Å². The zero-order valence-electron chi connectivity index (χ0n) is 23.1. The van der Waals surface area contributed by atoms with Gasteiger partial charge in [0.15, 0.2) is 5.16 Å². The number of benzene rings is 2. The minimum Gasteiger partial charge on any atom is -0.340 e. The lowest BCUT2D eigenvalue weighted by Gasteiger charge is -2.20. The molecule has 0 fully saturated rings. The topological polar surface area (TPSA) is 85.9 Å². The van der Waals surface area contributed by atoms with Gasteiger partial charge in [0.05, 0.1) is 11.9 Å². The molecule has 42 heavy (non-hydrogen) atoms. The predicted octanol–water partition coefficient (Wildman–Crippen LogP) is 4.86. The van der Waals surface area contributed by atoms with E-state index in [0.717, 1.165) is 22.3 Å². The van der Waals surface area contributed by atoms with Gasteiger partial charge in [-0.15, -0.1) is 0 Å². The van der Waals surface area contributed by atoms with Crippen LogP contribution in [-0.2, 0) is 37.1 Å². The van der Waals surface area contributed by atoms with Crippen LogP contribution in [0.2, 0.25) is 0 Å². The number of thioether (sulfide) groups is 1. The Kier molecular flexibility index (Phi) is 8.87. The SMILES string of the molecule is CN(Cc1ccc(-c2ccc(F)cc2)nc1)C(=O)Cn1cc(Cc2cnn(C)c2)c(=O)nc1SCc1ccc(F)cc1. The van der Waals surface area contributed by atoms with Crippen LogP contribution in [0.5, 0.6) is 0 Å². The number of rotatable bonds is 10. The highest BCUT2D eigenvalue weighted by molar-refractivity contribution is 7.98. The molecule has 0 saturated carbocycles. The van der Waals surface area contributed by atoms with Crippen LogP contribution in [0.1, 0.15) is 22.3 Å². The molecule has 0 spiro atoms. The number of aromatic nitrogens is 5. The molecular formula is C31H28F2N6O2S. The zero-order chi connectivity index (χ0) is 29.6. The molecule has 0 radical (unpaired) electrons. The van der Waals surface area contributed by atoms with E-state index >= 15 is 0 Å². The van der Waals surface area contributed by atoms with Crippen LogP contribution >= 0.6 is 11.8 Å². The quantitative estimate of drug-likeness (QED) is 0.172. The van der Waals surface area contributed by atoms with Crippen molar-refractivity contribution in [1.29, 1.82) is 0 Å². The minimum absolute atomic E-state index is 0.0311. The van der Waals surface area contributed by atoms with Crippen molar-refractivity contribution in [2.75, 3.05) is 7.05 Å². The lowest BCUT2D eigenvalue weighted by molar-refractivity contribution is -0.131. The predicted molar refractivity (Wildman–Crippen MR) is 157 cm³/mol. The molecule has 3 heterocycles. The number of pyridine rings is 1. The number of carbonyl (C=O) groups is 1. The number of carbonyl (C=O) groups excluding carboxylic acids is 1. The van der Waals surface area contributed by atoms with Gasteiger partial charge in [0.25, 0.3) is 5.56 Å². The summed E-state index contributed by atoms with van der Waals surface area (Å²) < 4.78 is 29.9. The number of likely N-dealkylation sites (N-methyl/N-ethyl adjacent to an activating group) is 1. The maximum atomic E-state index is 13.3. The van der Waals surface area contributed by atoms with Crippen molar-refractivity contribution in [3.63, 3.8) is 0 Å². The normalized spacial score (nSPS) is 11.0. The van der Waals surface area contributed by atoms with Crippen molar-refractivity contribution in [1.82, 2.24) is 29.2 Å². The number of nitrogens with zero attached hydrogens (tertiary/aromatic N) is 6. The summed E-state index contributed by atoms with van der Waals surface area (Å²) in [7, 11) is 3.50. The van der Waals surface area contributed by atoms with E-state index in [0.29, 0.717) is 35.1 Å². The first kappa shape index (κ1) is 28.9. The Morgan fingerprint density at radius 2 is 1.60 bits per heavy atom. The van der Waals surface area contributed by atoms with Gasteiger partial charge >= 0.3 is 0 Å². The van der Waals surface area contributed by atoms with Crippen LogP contribution in [-0.4, -0.2) is 42.2 Å². The van der Waals surface area contributed by atoms with Gasteiger partial charge in [-0.1, -0.05) is 30.0 Å². The number of halogens is 2. The third-order valence-corrected chi connectivity index (χ3v) is 7.64. The summed E-state index contributed by atoms with van der Waals surface area (Å²) in [6.45, 7) is 0.292. The van der Waals surface area contributed by atoms with Crippen LogP contribution in [0.3, 0.4) is 0 Å². The number of hydrogen-bond donors (Lipinski definition) is 0. The second-order valence-corrected chi connectivity index (χ2v) is 10.8. The maximum absolute atomic E-state index is 13.3. The second-order valence-electron chi connectivity index (χ2n) is 9.90. The summed E-state index contributed by atoms with van der Waals surface area (Å²) in [4.78, 5) is 36.6. The van der Waals surface area contributed by atoms with Gasteiger partial charge < -0.3 is 9.47 Å². The molecule has 0 aliphatic rings. The average molecular weight is 587 g/mol. The average Bonchev–Trinajstić information content (AvgIpc) is 3.39. The van der Waals surface area contributed by atoms with E-state index in [9.17, 15) is 18.4 Å². The molecule has 8 nitrogen and oxygen atoms in total. The van der Waals surface area contributed by atoms with Crippen LogP contribution in [0.15, 0.2) is 95.4 Å². The van der Waals surface area contributed by atoms with Crippen molar-refractivity contribution >= 4 is 17.7 Å². The molecule has 214 valence electrons. The van der Waals surface area contributed by atoms with E-state index in [-0.39, 0.29) is 29.6 Å². The molecule has 0 aliphatic heterocycles. The fourth-order valence-electron chi connectivity index (χ4n) is 4.32. The number of amides is 1. The number of hydrogen-bond acceptors (Lipinski definition) is 6. The zero-order valence-corrected chi connectivity index (χ0v) is 23.9. The van der Waals surface area contributed by atoms with Crippen molar-refractivity contribution in [3.05, 3.63) is 130 Å². The molecular weight excluding hydrogens is 558 g/mol. The first-order chi connectivity index (χ1) is 20.2. The molecule has 0 bridgehead atoms. The highest BCUT2D eigenvalue weighted by atomic mass is 32.2. The van der Waals surface area contributed by atoms with Gasteiger partial charge in [0, 0.05) is 62.5 Å². The summed E-state index contributed by atoms with van der Waals surface area (Å²) in [6, 6.07) is 15.9. The third kappa shape index (κ3) is 7.35. The fraction of sp³-hybridized carbons (Fsp3) is 0.194. The van der Waals surface area contributed by atoms with Crippen LogP contribution in [0, 0.1) is 11.6 Å². The molecule has 0 saturated heterocycles. The van der Waals surface area contributed by atoms with E-state index in [1.165, 1.54) is 36.0 Å². The van der Waals surface area contributed by atoms with Gasteiger partial charge in [-0.25, -0.2) is 8.78 Å². The van der Waals surface area contributed by atoms with Gasteiger partial charge in [-0.05, 0) is 59.2 Å². The van der Waals surface area contributed by atoms with Gasteiger partial charge in [-0.3, -0.25) is 19.3 Å². The summed E-state index contributed by atoms with van der Waals surface area (Å²) in [6.07, 6.45) is 7.22. The van der Waals surface area contributed by atoms with Crippen molar-refractivity contribution in [2.24, 2.45) is 7.05 Å². The Morgan fingerprint density at radius 1 is 0.905 bits per heavy atom. The van der Waals surface area contributed by atoms with Crippen molar-refractivity contribution < 1.29 is 13.6 Å². The van der Waals surface area contributed by atoms with Gasteiger partial charge in [0.1, 0.15) is 18.2 Å². The first-order valence-corrected chi connectivity index (χ1v) is 14.1. The molecule has 11 heteroatoms. The Hall–Kier alpha value is -4.64. The number of aryl methyl sites for hydroxylation is 1. The third-order valence-electron chi connectivity index (χ3n) is 6.58. The van der Waals surface area contributed by atoms with Crippen LogP contribution in [0.4, 0.5) is 8.78 Å². The monoisotopic (exact) mass is 586 g/mol. The summed E-state index contributed by atoms with van der Waals surface area (Å²) in [5.41, 5.74) is 4.13. The molecule has 0 atom stereocenters. The van der Waals surface area contributed by atoms with Gasteiger partial charge in [0.2, 0.25) is 5.91 Å². The van der Waals surface area contributed by atoms with Crippen molar-refractivity contribution in [2.45, 2.75) is 30.4 Å². The molecule has 1 amide bonds. The summed E-state index contributed by atoms with van der Waals surface area (Å²) in [5.74, 6) is -0.369. The van der Waals surface area contributed by atoms with E-state index in [1.54, 1.807) is 71.1 Å². The Balaban J connectivity index is 1.32. The Bertz CT molecular complexity index is 1740. The minimum atomic E-state index is -0.371. The summed E-state index contributed by atoms with van der Waals surface area (Å²) in [5, 5.41) is 4.56. The smallest absolute Gasteiger partial charge is 0.277 e. The fourth-order valence-corrected chi connectivity index (χ4v) is 5.24. The van der Waals surface area contributed by atoms with E-state index < -0.39 is 0 Å². The molecule has 2 aromatic carbocycles. The first-order valence-electron chi connectivity index (χ1n) is 13.1. The Labute approximate surface area is 245 Å². The van der Waals surface area contributed by atoms with E-state index in [2.05, 4.69) is 15.1 Å². The van der Waals surface area contributed by atoms with Gasteiger partial charge in [-0.2, -0.15) is 10.1 Å². The standard InChI is InChI=1S/C31H28F2N6O2S/c1-37(16-22-5-12-28(34-14-22)24-6-10-27(33)11-7-24)29(40)19-39-18-25(13-23-15-35-38(2)17-23)30(41)36-31(39)42-20-21-3-8-26(32)9-4-21/h3-12,14-15,17-18H,13,16,19-20H2,1-2H3. The van der Waals surface area contributed by atoms with E-state index in [1.807, 2.05) is 18.3 Å². The molecule has 0 unspecified atom stereocenters. The Morgan fingerprint density at radius 3 is 2.24 bits per heavy atom. The lowest BCUT2D eigenvalue weighted by Crippen LogP contribution is -2.31. The molecule has 3 aromatic heterocycles. The van der Waals surface area contributed by atoms with Crippen LogP contribution in [0.25, 0.3) is 11.3 Å². The largest absolute Gasteiger partial charge is 0.340 e. The molecule has 0 N–H and O–H groups in total. The highest BCUT2D eigenvalue weighted by Gasteiger charge is 2.16. The maximum Gasteiger partial charge on any atom is 0.277 e.